The Kier molecular flexibility index (Phi) is 6.99. The molecule has 2 aliphatic rings. The number of aromatic nitrogens is 2. The molecule has 1 aromatic heterocycles. The number of ether oxygens (including phenoxy) is 1. The van der Waals surface area contributed by atoms with Gasteiger partial charge in [0.2, 0.25) is 0 Å². The van der Waals surface area contributed by atoms with Crippen LogP contribution < -0.4 is 10.1 Å². The third-order valence-corrected chi connectivity index (χ3v) is 7.66. The third-order valence-electron chi connectivity index (χ3n) is 7.66. The van der Waals surface area contributed by atoms with Gasteiger partial charge in [-0.3, -0.25) is 0 Å². The van der Waals surface area contributed by atoms with Crippen LogP contribution in [0.1, 0.15) is 50.2 Å². The maximum absolute atomic E-state index is 13.7. The van der Waals surface area contributed by atoms with E-state index in [1.807, 2.05) is 0 Å². The lowest BCUT2D eigenvalue weighted by atomic mass is 9.91. The molecule has 1 saturated carbocycles. The molecular formula is C29H36FN5O. The molecule has 0 radical (unpaired) electrons. The van der Waals surface area contributed by atoms with E-state index in [1.54, 1.807) is 25.4 Å². The van der Waals surface area contributed by atoms with Crippen molar-refractivity contribution in [1.29, 1.82) is 0 Å². The number of anilines is 2. The SMILES string of the molecule is C=C1N(C)CCCN1C1CCC(Oc2cc3c(Nc4ccc(F)c(C)c4)ncnc3cc2CC)CC1. The smallest absolute Gasteiger partial charge is 0.141 e. The lowest BCUT2D eigenvalue weighted by molar-refractivity contribution is 0.0723. The number of halogens is 1. The van der Waals surface area contributed by atoms with Crippen molar-refractivity contribution in [2.45, 2.75) is 64.5 Å². The van der Waals surface area contributed by atoms with Crippen LogP contribution in [-0.2, 0) is 6.42 Å². The van der Waals surface area contributed by atoms with Gasteiger partial charge in [0.15, 0.2) is 0 Å². The Morgan fingerprint density at radius 1 is 1.11 bits per heavy atom. The second-order valence-corrected chi connectivity index (χ2v) is 10.1. The molecule has 1 N–H and O–H groups in total. The van der Waals surface area contributed by atoms with Crippen molar-refractivity contribution in [2.24, 2.45) is 0 Å². The summed E-state index contributed by atoms with van der Waals surface area (Å²) in [7, 11) is 2.14. The summed E-state index contributed by atoms with van der Waals surface area (Å²) < 4.78 is 20.4. The van der Waals surface area contributed by atoms with Gasteiger partial charge in [-0.15, -0.1) is 0 Å². The number of hydrogen-bond donors (Lipinski definition) is 1. The summed E-state index contributed by atoms with van der Waals surface area (Å²) in [6, 6.07) is 9.70. The molecule has 5 rings (SSSR count). The molecule has 190 valence electrons. The zero-order valence-electron chi connectivity index (χ0n) is 21.6. The fraction of sp³-hybridized carbons (Fsp3) is 0.448. The Balaban J connectivity index is 1.33. The van der Waals surface area contributed by atoms with Gasteiger partial charge in [-0.25, -0.2) is 14.4 Å². The predicted molar refractivity (Wildman–Crippen MR) is 143 cm³/mol. The fourth-order valence-electron chi connectivity index (χ4n) is 5.47. The highest BCUT2D eigenvalue weighted by Gasteiger charge is 2.30. The van der Waals surface area contributed by atoms with E-state index >= 15 is 0 Å². The molecule has 7 heteroatoms. The Bertz CT molecular complexity index is 1250. The Morgan fingerprint density at radius 3 is 2.67 bits per heavy atom. The van der Waals surface area contributed by atoms with Crippen LogP contribution in [0.25, 0.3) is 10.9 Å². The zero-order valence-corrected chi connectivity index (χ0v) is 21.6. The third kappa shape index (κ3) is 4.97. The molecule has 1 aliphatic heterocycles. The average Bonchev–Trinajstić information content (AvgIpc) is 2.88. The molecular weight excluding hydrogens is 453 g/mol. The molecule has 2 fully saturated rings. The summed E-state index contributed by atoms with van der Waals surface area (Å²) in [6.07, 6.45) is 8.12. The summed E-state index contributed by atoms with van der Waals surface area (Å²) in [5, 5.41) is 4.24. The molecule has 6 nitrogen and oxygen atoms in total. The van der Waals surface area contributed by atoms with Gasteiger partial charge in [-0.2, -0.15) is 0 Å². The molecule has 0 atom stereocenters. The molecule has 2 aromatic carbocycles. The second-order valence-electron chi connectivity index (χ2n) is 10.1. The number of nitrogens with zero attached hydrogens (tertiary/aromatic N) is 4. The first kappa shape index (κ1) is 24.3. The first-order valence-electron chi connectivity index (χ1n) is 13.1. The zero-order chi connectivity index (χ0) is 25.2. The van der Waals surface area contributed by atoms with Crippen LogP contribution in [0, 0.1) is 12.7 Å². The summed E-state index contributed by atoms with van der Waals surface area (Å²) in [5.74, 6) is 2.53. The van der Waals surface area contributed by atoms with Gasteiger partial charge in [-0.05, 0) is 86.9 Å². The summed E-state index contributed by atoms with van der Waals surface area (Å²) in [6.45, 7) is 10.4. The number of benzene rings is 2. The van der Waals surface area contributed by atoms with Crippen molar-refractivity contribution in [3.05, 3.63) is 66.0 Å². The Labute approximate surface area is 213 Å². The minimum absolute atomic E-state index is 0.195. The lowest BCUT2D eigenvalue weighted by Crippen LogP contribution is -2.47. The highest BCUT2D eigenvalue weighted by atomic mass is 19.1. The first-order chi connectivity index (χ1) is 17.4. The molecule has 0 spiro atoms. The Hall–Kier alpha value is -3.35. The normalized spacial score (nSPS) is 20.6. The molecule has 1 saturated heterocycles. The van der Waals surface area contributed by atoms with Gasteiger partial charge in [0.05, 0.1) is 17.4 Å². The van der Waals surface area contributed by atoms with E-state index in [9.17, 15) is 4.39 Å². The minimum Gasteiger partial charge on any atom is -0.490 e. The highest BCUT2D eigenvalue weighted by Crippen LogP contribution is 2.35. The number of rotatable bonds is 6. The molecule has 2 heterocycles. The molecule has 1 aliphatic carbocycles. The van der Waals surface area contributed by atoms with Gasteiger partial charge in [0, 0.05) is 37.3 Å². The second kappa shape index (κ2) is 10.3. The minimum atomic E-state index is -0.220. The van der Waals surface area contributed by atoms with E-state index in [-0.39, 0.29) is 11.9 Å². The highest BCUT2D eigenvalue weighted by molar-refractivity contribution is 5.92. The average molecular weight is 490 g/mol. The van der Waals surface area contributed by atoms with Crippen molar-refractivity contribution in [1.82, 2.24) is 19.8 Å². The fourth-order valence-corrected chi connectivity index (χ4v) is 5.47. The molecule has 0 bridgehead atoms. The van der Waals surface area contributed by atoms with E-state index in [0.717, 1.165) is 78.9 Å². The van der Waals surface area contributed by atoms with Gasteiger partial charge in [0.1, 0.15) is 23.7 Å². The molecule has 0 unspecified atom stereocenters. The molecule has 36 heavy (non-hydrogen) atoms. The van der Waals surface area contributed by atoms with Crippen LogP contribution in [0.3, 0.4) is 0 Å². The monoisotopic (exact) mass is 489 g/mol. The van der Waals surface area contributed by atoms with Crippen molar-refractivity contribution in [3.8, 4) is 5.75 Å². The van der Waals surface area contributed by atoms with Crippen molar-refractivity contribution < 1.29 is 9.13 Å². The largest absolute Gasteiger partial charge is 0.490 e. The first-order valence-corrected chi connectivity index (χ1v) is 13.1. The van der Waals surface area contributed by atoms with Crippen LogP contribution >= 0.6 is 0 Å². The van der Waals surface area contributed by atoms with Crippen molar-refractivity contribution >= 4 is 22.4 Å². The number of fused-ring (bicyclic) bond motifs is 1. The number of nitrogens with one attached hydrogen (secondary N) is 1. The number of aryl methyl sites for hydroxylation is 2. The maximum atomic E-state index is 13.7. The van der Waals surface area contributed by atoms with Gasteiger partial charge in [0.25, 0.3) is 0 Å². The number of hydrogen-bond acceptors (Lipinski definition) is 6. The predicted octanol–water partition coefficient (Wildman–Crippen LogP) is 6.18. The Morgan fingerprint density at radius 2 is 1.92 bits per heavy atom. The van der Waals surface area contributed by atoms with Gasteiger partial charge in [-0.1, -0.05) is 13.5 Å². The summed E-state index contributed by atoms with van der Waals surface area (Å²) in [4.78, 5) is 13.8. The van der Waals surface area contributed by atoms with E-state index in [0.29, 0.717) is 17.4 Å². The summed E-state index contributed by atoms with van der Waals surface area (Å²) in [5.41, 5.74) is 3.40. The van der Waals surface area contributed by atoms with E-state index in [4.69, 9.17) is 4.74 Å². The molecule has 0 amide bonds. The van der Waals surface area contributed by atoms with E-state index in [2.05, 4.69) is 57.8 Å². The van der Waals surface area contributed by atoms with Gasteiger partial charge < -0.3 is 19.9 Å². The van der Waals surface area contributed by atoms with Crippen LogP contribution in [0.15, 0.2) is 49.1 Å². The van der Waals surface area contributed by atoms with E-state index < -0.39 is 0 Å². The van der Waals surface area contributed by atoms with Crippen LogP contribution in [0.2, 0.25) is 0 Å². The quantitative estimate of drug-likeness (QED) is 0.446. The van der Waals surface area contributed by atoms with Crippen LogP contribution in [0.5, 0.6) is 5.75 Å². The maximum Gasteiger partial charge on any atom is 0.141 e. The summed E-state index contributed by atoms with van der Waals surface area (Å²) >= 11 is 0. The van der Waals surface area contributed by atoms with Crippen molar-refractivity contribution in [2.75, 3.05) is 25.5 Å². The van der Waals surface area contributed by atoms with Crippen LogP contribution in [-0.4, -0.2) is 52.1 Å². The lowest BCUT2D eigenvalue weighted by Gasteiger charge is -2.45. The van der Waals surface area contributed by atoms with Crippen molar-refractivity contribution in [3.63, 3.8) is 0 Å². The standard InChI is InChI=1S/C29H36FN5O/c1-5-21-16-27-25(29(32-18-31-27)33-22-7-12-26(30)19(2)15-22)17-28(21)36-24-10-8-23(9-11-24)35-14-6-13-34(4)20(35)3/h7,12,15-18,23-24H,3,5-6,8-11,13-14H2,1-2,4H3,(H,31,32,33). The topological polar surface area (TPSA) is 53.5 Å². The van der Waals surface area contributed by atoms with E-state index in [1.165, 1.54) is 12.5 Å². The van der Waals surface area contributed by atoms with Gasteiger partial charge >= 0.3 is 0 Å². The molecule has 3 aromatic rings. The van der Waals surface area contributed by atoms with Crippen LogP contribution in [0.4, 0.5) is 15.9 Å².